The zero-order chi connectivity index (χ0) is 29.4. The maximum atomic E-state index is 13.6. The first kappa shape index (κ1) is 28.7. The lowest BCUT2D eigenvalue weighted by Gasteiger charge is -2.44. The van der Waals surface area contributed by atoms with Gasteiger partial charge in [-0.2, -0.15) is 4.98 Å². The van der Waals surface area contributed by atoms with E-state index in [0.717, 1.165) is 4.90 Å². The fourth-order valence-corrected chi connectivity index (χ4v) is 5.11. The van der Waals surface area contributed by atoms with Crippen LogP contribution in [0.25, 0.3) is 5.69 Å². The van der Waals surface area contributed by atoms with Crippen molar-refractivity contribution in [1.29, 1.82) is 0 Å². The number of nitrogens with one attached hydrogen (secondary N) is 1. The van der Waals surface area contributed by atoms with E-state index in [9.17, 15) is 29.1 Å². The molecule has 13 heteroatoms. The molecule has 0 saturated carbocycles. The number of ether oxygens (including phenoxy) is 1. The summed E-state index contributed by atoms with van der Waals surface area (Å²) in [6.45, 7) is 9.45. The summed E-state index contributed by atoms with van der Waals surface area (Å²) in [5.41, 5.74) is -1.54. The number of aldehydes is 1. The van der Waals surface area contributed by atoms with Gasteiger partial charge in [0.15, 0.2) is 0 Å². The smallest absolute Gasteiger partial charge is 0.410 e. The third-order valence-electron chi connectivity index (χ3n) is 7.22. The molecule has 4 rings (SSSR count). The zero-order valence-electron chi connectivity index (χ0n) is 23.2. The van der Waals surface area contributed by atoms with E-state index < -0.39 is 41.0 Å². The van der Waals surface area contributed by atoms with E-state index in [4.69, 9.17) is 4.74 Å². The second-order valence-electron chi connectivity index (χ2n) is 11.4. The molecule has 2 aliphatic heterocycles. The third kappa shape index (κ3) is 5.41. The third-order valence-corrected chi connectivity index (χ3v) is 7.22. The van der Waals surface area contributed by atoms with Gasteiger partial charge in [0.2, 0.25) is 0 Å². The monoisotopic (exact) mass is 554 g/mol. The Morgan fingerprint density at radius 3 is 2.38 bits per heavy atom. The normalized spacial score (nSPS) is 23.2. The predicted octanol–water partition coefficient (Wildman–Crippen LogP) is 2.25. The number of nitrogens with zero attached hydrogens (tertiary/aromatic N) is 5. The summed E-state index contributed by atoms with van der Waals surface area (Å²) in [7, 11) is 0. The highest BCUT2D eigenvalue weighted by molar-refractivity contribution is 5.91. The number of amides is 4. The summed E-state index contributed by atoms with van der Waals surface area (Å²) >= 11 is 0. The minimum absolute atomic E-state index is 0.0619. The Morgan fingerprint density at radius 2 is 1.82 bits per heavy atom. The highest BCUT2D eigenvalue weighted by Crippen LogP contribution is 2.38. The summed E-state index contributed by atoms with van der Waals surface area (Å²) in [4.78, 5) is 70.4. The molecule has 2 aliphatic rings. The Kier molecular flexibility index (Phi) is 7.70. The van der Waals surface area contributed by atoms with Crippen LogP contribution in [0.4, 0.5) is 15.4 Å². The van der Waals surface area contributed by atoms with Gasteiger partial charge in [-0.3, -0.25) is 24.4 Å². The van der Waals surface area contributed by atoms with E-state index in [0.29, 0.717) is 17.5 Å². The van der Waals surface area contributed by atoms with Gasteiger partial charge < -0.3 is 19.6 Å². The first-order valence-electron chi connectivity index (χ1n) is 12.9. The molecule has 3 heterocycles. The molecule has 2 saturated heterocycles. The van der Waals surface area contributed by atoms with Crippen molar-refractivity contribution in [1.82, 2.24) is 24.3 Å². The van der Waals surface area contributed by atoms with Crippen molar-refractivity contribution >= 4 is 30.1 Å². The molecule has 0 bridgehead atoms. The van der Waals surface area contributed by atoms with E-state index in [1.807, 2.05) is 20.8 Å². The Morgan fingerprint density at radius 1 is 1.15 bits per heavy atom. The van der Waals surface area contributed by atoms with Crippen LogP contribution in [0.15, 0.2) is 41.3 Å². The molecule has 4 amide bonds. The van der Waals surface area contributed by atoms with Gasteiger partial charge in [0.05, 0.1) is 12.3 Å². The van der Waals surface area contributed by atoms with E-state index in [1.54, 1.807) is 43.0 Å². The number of hydrogen-bond donors (Lipinski definition) is 2. The minimum atomic E-state index is -1.39. The molecule has 0 unspecified atom stereocenters. The van der Waals surface area contributed by atoms with Crippen LogP contribution in [0.2, 0.25) is 0 Å². The molecule has 0 spiro atoms. The predicted molar refractivity (Wildman–Crippen MR) is 144 cm³/mol. The fourth-order valence-electron chi connectivity index (χ4n) is 5.11. The lowest BCUT2D eigenvalue weighted by Crippen LogP contribution is -2.65. The zero-order valence-corrected chi connectivity index (χ0v) is 23.2. The Balaban J connectivity index is 1.41. The van der Waals surface area contributed by atoms with Crippen LogP contribution in [-0.2, 0) is 9.53 Å². The number of piperazine rings is 1. The van der Waals surface area contributed by atoms with E-state index >= 15 is 0 Å². The molecule has 3 atom stereocenters. The molecule has 2 fully saturated rings. The maximum absolute atomic E-state index is 13.6. The molecule has 13 nitrogen and oxygen atoms in total. The van der Waals surface area contributed by atoms with Crippen molar-refractivity contribution < 1.29 is 29.0 Å². The number of carbonyl (C=O) groups is 4. The van der Waals surface area contributed by atoms with Gasteiger partial charge in [0.1, 0.15) is 23.9 Å². The summed E-state index contributed by atoms with van der Waals surface area (Å²) in [5.74, 6) is -0.303. The number of anilines is 1. The minimum Gasteiger partial charge on any atom is -0.465 e. The molecule has 2 aromatic rings. The highest BCUT2D eigenvalue weighted by Gasteiger charge is 2.56. The first-order valence-corrected chi connectivity index (χ1v) is 12.9. The molecular weight excluding hydrogens is 520 g/mol. The lowest BCUT2D eigenvalue weighted by atomic mass is 9.91. The second-order valence-corrected chi connectivity index (χ2v) is 11.4. The van der Waals surface area contributed by atoms with Crippen LogP contribution in [0.1, 0.15) is 45.0 Å². The largest absolute Gasteiger partial charge is 0.465 e. The molecule has 1 aromatic heterocycles. The van der Waals surface area contributed by atoms with Crippen LogP contribution in [0, 0.1) is 5.41 Å². The van der Waals surface area contributed by atoms with Crippen LogP contribution in [0.5, 0.6) is 0 Å². The molecule has 1 aromatic carbocycles. The summed E-state index contributed by atoms with van der Waals surface area (Å²) in [6, 6.07) is 7.02. The van der Waals surface area contributed by atoms with Crippen molar-refractivity contribution in [3.05, 3.63) is 52.6 Å². The van der Waals surface area contributed by atoms with E-state index in [1.165, 1.54) is 21.7 Å². The SMILES string of the molecule is C[C@@H]1CN(C(=O)[C@]2(C)CO[C@H](C(C)(C)C)N2C(=O)O)CCN1C(=O)Nc1ccn(-c2ccc(C=O)cc2)c(=O)n1. The van der Waals surface area contributed by atoms with Crippen molar-refractivity contribution in [3.8, 4) is 5.69 Å². The number of urea groups is 1. The molecule has 2 N–H and O–H groups in total. The van der Waals surface area contributed by atoms with Gasteiger partial charge >= 0.3 is 17.8 Å². The number of carbonyl (C=O) groups excluding carboxylic acids is 3. The highest BCUT2D eigenvalue weighted by atomic mass is 16.5. The number of hydrogen-bond acceptors (Lipinski definition) is 7. The molecular formula is C27H34N6O7. The van der Waals surface area contributed by atoms with Crippen LogP contribution >= 0.6 is 0 Å². The van der Waals surface area contributed by atoms with Gasteiger partial charge in [-0.1, -0.05) is 20.8 Å². The van der Waals surface area contributed by atoms with Crippen molar-refractivity contribution in [2.45, 2.75) is 52.4 Å². The molecule has 214 valence electrons. The topological polar surface area (TPSA) is 154 Å². The number of benzene rings is 1. The van der Waals surface area contributed by atoms with Gasteiger partial charge in [0, 0.05) is 42.9 Å². The van der Waals surface area contributed by atoms with Crippen LogP contribution in [0.3, 0.4) is 0 Å². The quantitative estimate of drug-likeness (QED) is 0.546. The van der Waals surface area contributed by atoms with Gasteiger partial charge in [0.25, 0.3) is 5.91 Å². The molecule has 0 radical (unpaired) electrons. The van der Waals surface area contributed by atoms with Gasteiger partial charge in [-0.25, -0.2) is 14.4 Å². The lowest BCUT2D eigenvalue weighted by molar-refractivity contribution is -0.144. The Hall–Kier alpha value is -4.26. The van der Waals surface area contributed by atoms with Crippen LogP contribution in [-0.4, -0.2) is 97.7 Å². The summed E-state index contributed by atoms with van der Waals surface area (Å²) < 4.78 is 7.09. The molecule has 0 aliphatic carbocycles. The maximum Gasteiger partial charge on any atom is 0.410 e. The van der Waals surface area contributed by atoms with E-state index in [-0.39, 0.29) is 38.0 Å². The second kappa shape index (κ2) is 10.7. The van der Waals surface area contributed by atoms with Gasteiger partial charge in [-0.05, 0) is 44.2 Å². The summed E-state index contributed by atoms with van der Waals surface area (Å²) in [5, 5.41) is 12.6. The number of rotatable bonds is 4. The first-order chi connectivity index (χ1) is 18.8. The fraction of sp³-hybridized carbons (Fsp3) is 0.481. The average molecular weight is 555 g/mol. The van der Waals surface area contributed by atoms with Crippen molar-refractivity contribution in [3.63, 3.8) is 0 Å². The molecule has 40 heavy (non-hydrogen) atoms. The van der Waals surface area contributed by atoms with Crippen molar-refractivity contribution in [2.24, 2.45) is 5.41 Å². The average Bonchev–Trinajstić information content (AvgIpc) is 3.27. The Labute approximate surface area is 231 Å². The number of aromatic nitrogens is 2. The number of carboxylic acid groups (broad SMARTS) is 1. The van der Waals surface area contributed by atoms with E-state index in [2.05, 4.69) is 10.3 Å². The summed E-state index contributed by atoms with van der Waals surface area (Å²) in [6.07, 6.45) is 0.176. The standard InChI is InChI=1S/C27H34N6O7/c1-17-14-30(21(35)27(5)16-40-22(26(2,3)4)33(27)25(38)39)12-13-31(17)23(36)28-20-10-11-32(24(37)29-20)19-8-6-18(15-34)7-9-19/h6-11,15,17,22H,12-14,16H2,1-5H3,(H,38,39)(H,28,29,36,37)/t17-,22-,27+/m1/s1. The Bertz CT molecular complexity index is 1370. The van der Waals surface area contributed by atoms with Gasteiger partial charge in [-0.15, -0.1) is 0 Å². The van der Waals surface area contributed by atoms with Crippen LogP contribution < -0.4 is 11.0 Å². The van der Waals surface area contributed by atoms with Crippen molar-refractivity contribution in [2.75, 3.05) is 31.6 Å².